The molecule has 3 aromatic rings. The van der Waals surface area contributed by atoms with Gasteiger partial charge in [0.1, 0.15) is 28.1 Å². The number of aromatic amines is 1. The van der Waals surface area contributed by atoms with Crippen molar-refractivity contribution in [2.24, 2.45) is 10.2 Å². The smallest absolute Gasteiger partial charge is 0.271 e. The number of ether oxygens (including phenoxy) is 4. The molecule has 36 heavy (non-hydrogen) atoms. The van der Waals surface area contributed by atoms with Crippen LogP contribution < -0.4 is 15.0 Å². The molecule has 0 saturated carbocycles. The SMILES string of the molecule is COC(C)Oc1cc(OC(C)OC)c(S(=O)(=O)Cl)cc1N=Nc1ccc(-n2[nH]ccc2=O)cc1C#N. The van der Waals surface area contributed by atoms with Crippen LogP contribution in [0.25, 0.3) is 5.69 Å². The third kappa shape index (κ3) is 6.29. The Morgan fingerprint density at radius 3 is 2.19 bits per heavy atom. The lowest BCUT2D eigenvalue weighted by molar-refractivity contribution is -0.0434. The molecule has 2 aromatic carbocycles. The van der Waals surface area contributed by atoms with E-state index in [0.717, 1.165) is 6.07 Å². The summed E-state index contributed by atoms with van der Waals surface area (Å²) in [4.78, 5) is 11.5. The summed E-state index contributed by atoms with van der Waals surface area (Å²) in [7, 11) is 4.16. The number of hydrogen-bond acceptors (Lipinski definition) is 10. The fraction of sp³-hybridized carbons (Fsp3) is 0.273. The lowest BCUT2D eigenvalue weighted by Crippen LogP contribution is -2.16. The van der Waals surface area contributed by atoms with E-state index in [4.69, 9.17) is 29.6 Å². The first-order chi connectivity index (χ1) is 17.1. The zero-order valence-corrected chi connectivity index (χ0v) is 21.2. The first-order valence-electron chi connectivity index (χ1n) is 10.3. The maximum Gasteiger partial charge on any atom is 0.271 e. The molecule has 0 aliphatic rings. The molecule has 1 N–H and O–H groups in total. The van der Waals surface area contributed by atoms with Gasteiger partial charge in [-0.25, -0.2) is 13.1 Å². The van der Waals surface area contributed by atoms with Crippen LogP contribution in [0.3, 0.4) is 0 Å². The molecule has 190 valence electrons. The molecular weight excluding hydrogens is 514 g/mol. The maximum absolute atomic E-state index is 12.3. The Bertz CT molecular complexity index is 1480. The zero-order chi connectivity index (χ0) is 26.5. The van der Waals surface area contributed by atoms with Crippen molar-refractivity contribution in [2.75, 3.05) is 14.2 Å². The van der Waals surface area contributed by atoms with Gasteiger partial charge in [-0.05, 0) is 38.1 Å². The van der Waals surface area contributed by atoms with E-state index in [2.05, 4.69) is 15.3 Å². The fourth-order valence-electron chi connectivity index (χ4n) is 2.91. The van der Waals surface area contributed by atoms with E-state index < -0.39 is 21.6 Å². The normalized spacial score (nSPS) is 13.3. The van der Waals surface area contributed by atoms with Crippen molar-refractivity contribution in [3.05, 3.63) is 58.5 Å². The highest BCUT2D eigenvalue weighted by Crippen LogP contribution is 2.40. The minimum Gasteiger partial charge on any atom is -0.464 e. The molecule has 2 unspecified atom stereocenters. The summed E-state index contributed by atoms with van der Waals surface area (Å²) in [5, 5.41) is 20.5. The van der Waals surface area contributed by atoms with Gasteiger partial charge in [0, 0.05) is 43.2 Å². The van der Waals surface area contributed by atoms with Crippen LogP contribution in [0, 0.1) is 11.3 Å². The molecule has 0 bridgehead atoms. The Labute approximate surface area is 211 Å². The summed E-state index contributed by atoms with van der Waals surface area (Å²) in [6.45, 7) is 3.17. The van der Waals surface area contributed by atoms with Gasteiger partial charge in [-0.2, -0.15) is 5.26 Å². The number of rotatable bonds is 10. The molecule has 3 rings (SSSR count). The van der Waals surface area contributed by atoms with Gasteiger partial charge in [-0.3, -0.25) is 9.89 Å². The molecule has 12 nitrogen and oxygen atoms in total. The van der Waals surface area contributed by atoms with Crippen molar-refractivity contribution < 1.29 is 27.4 Å². The van der Waals surface area contributed by atoms with Gasteiger partial charge >= 0.3 is 0 Å². The lowest BCUT2D eigenvalue weighted by Gasteiger charge is -2.19. The fourth-order valence-corrected chi connectivity index (χ4v) is 3.87. The molecule has 14 heteroatoms. The third-order valence-corrected chi connectivity index (χ3v) is 6.15. The molecule has 0 spiro atoms. The minimum atomic E-state index is -4.28. The predicted molar refractivity (Wildman–Crippen MR) is 129 cm³/mol. The van der Waals surface area contributed by atoms with Crippen molar-refractivity contribution in [1.29, 1.82) is 5.26 Å². The molecule has 0 saturated heterocycles. The molecule has 2 atom stereocenters. The van der Waals surface area contributed by atoms with Gasteiger partial charge in [0.05, 0.1) is 11.3 Å². The van der Waals surface area contributed by atoms with Crippen molar-refractivity contribution >= 4 is 31.1 Å². The van der Waals surface area contributed by atoms with Crippen LogP contribution >= 0.6 is 10.7 Å². The van der Waals surface area contributed by atoms with Crippen molar-refractivity contribution in [1.82, 2.24) is 9.78 Å². The van der Waals surface area contributed by atoms with Crippen molar-refractivity contribution in [3.63, 3.8) is 0 Å². The van der Waals surface area contributed by atoms with Crippen LogP contribution in [-0.2, 0) is 18.5 Å². The number of halogens is 1. The number of nitriles is 1. The summed E-state index contributed by atoms with van der Waals surface area (Å²) in [5.41, 5.74) is 0.369. The highest BCUT2D eigenvalue weighted by molar-refractivity contribution is 8.13. The van der Waals surface area contributed by atoms with E-state index in [9.17, 15) is 18.5 Å². The van der Waals surface area contributed by atoms with E-state index in [1.54, 1.807) is 19.9 Å². The number of benzene rings is 2. The van der Waals surface area contributed by atoms with E-state index in [1.807, 2.05) is 6.07 Å². The largest absolute Gasteiger partial charge is 0.464 e. The molecule has 1 heterocycles. The minimum absolute atomic E-state index is 0.0240. The summed E-state index contributed by atoms with van der Waals surface area (Å²) in [6, 6.07) is 10.2. The molecule has 1 aromatic heterocycles. The standard InChI is InChI=1S/C22H22ClN5O7S/c1-13(32-3)34-19-11-20(35-14(2)33-4)21(36(23,30)31)10-18(19)27-26-17-6-5-16(9-15(17)12-24)28-22(29)7-8-25-28/h5-11,13-14,25H,1-4H3. The zero-order valence-electron chi connectivity index (χ0n) is 19.6. The number of nitrogens with one attached hydrogen (secondary N) is 1. The van der Waals surface area contributed by atoms with Gasteiger partial charge in [0.2, 0.25) is 0 Å². The Kier molecular flexibility index (Phi) is 8.49. The van der Waals surface area contributed by atoms with Crippen LogP contribution in [0.15, 0.2) is 62.5 Å². The van der Waals surface area contributed by atoms with E-state index >= 15 is 0 Å². The highest BCUT2D eigenvalue weighted by atomic mass is 35.7. The number of hydrogen-bond donors (Lipinski definition) is 1. The second-order valence-electron chi connectivity index (χ2n) is 7.20. The first kappa shape index (κ1) is 26.9. The maximum atomic E-state index is 12.3. The van der Waals surface area contributed by atoms with Gasteiger partial charge in [0.15, 0.2) is 18.3 Å². The quantitative estimate of drug-likeness (QED) is 0.230. The van der Waals surface area contributed by atoms with E-state index in [1.165, 1.54) is 49.4 Å². The van der Waals surface area contributed by atoms with Crippen LogP contribution in [0.5, 0.6) is 11.5 Å². The Morgan fingerprint density at radius 1 is 1.00 bits per heavy atom. The van der Waals surface area contributed by atoms with E-state index in [0.29, 0.717) is 5.69 Å². The van der Waals surface area contributed by atoms with Gasteiger partial charge < -0.3 is 18.9 Å². The van der Waals surface area contributed by atoms with Crippen LogP contribution in [0.2, 0.25) is 0 Å². The highest BCUT2D eigenvalue weighted by Gasteiger charge is 2.24. The van der Waals surface area contributed by atoms with Crippen LogP contribution in [-0.4, -0.2) is 45.0 Å². The van der Waals surface area contributed by atoms with Gasteiger partial charge in [0.25, 0.3) is 14.6 Å². The summed E-state index contributed by atoms with van der Waals surface area (Å²) in [5.74, 6) is -0.0569. The Morgan fingerprint density at radius 2 is 1.64 bits per heavy atom. The first-order valence-corrected chi connectivity index (χ1v) is 12.6. The number of methoxy groups -OCH3 is 2. The Hall–Kier alpha value is -3.70. The summed E-state index contributed by atoms with van der Waals surface area (Å²) in [6.07, 6.45) is -0.0715. The van der Waals surface area contributed by atoms with E-state index in [-0.39, 0.29) is 38.9 Å². The van der Waals surface area contributed by atoms with Crippen molar-refractivity contribution in [2.45, 2.75) is 31.3 Å². The average molecular weight is 536 g/mol. The number of H-pyrrole nitrogens is 1. The molecule has 0 aliphatic heterocycles. The van der Waals surface area contributed by atoms with Gasteiger partial charge in [-0.15, -0.1) is 10.2 Å². The summed E-state index contributed by atoms with van der Waals surface area (Å²) >= 11 is 0. The number of azo groups is 1. The number of nitrogens with zero attached hydrogens (tertiary/aromatic N) is 4. The summed E-state index contributed by atoms with van der Waals surface area (Å²) < 4.78 is 47.2. The van der Waals surface area contributed by atoms with Crippen LogP contribution in [0.4, 0.5) is 11.4 Å². The topological polar surface area (TPSA) is 157 Å². The number of aromatic nitrogens is 2. The predicted octanol–water partition coefficient (Wildman–Crippen LogP) is 4.12. The molecule has 0 fully saturated rings. The second kappa shape index (κ2) is 11.4. The average Bonchev–Trinajstić information content (AvgIpc) is 3.28. The molecule has 0 radical (unpaired) electrons. The lowest BCUT2D eigenvalue weighted by atomic mass is 10.2. The Balaban J connectivity index is 2.11. The monoisotopic (exact) mass is 535 g/mol. The molecular formula is C22H22ClN5O7S. The molecule has 0 aliphatic carbocycles. The van der Waals surface area contributed by atoms with Crippen molar-refractivity contribution in [3.8, 4) is 23.3 Å². The third-order valence-electron chi connectivity index (χ3n) is 4.81. The molecule has 0 amide bonds. The van der Waals surface area contributed by atoms with Crippen LogP contribution in [0.1, 0.15) is 19.4 Å². The second-order valence-corrected chi connectivity index (χ2v) is 9.73. The van der Waals surface area contributed by atoms with Gasteiger partial charge in [-0.1, -0.05) is 0 Å².